The van der Waals surface area contributed by atoms with Crippen molar-refractivity contribution in [3.63, 3.8) is 0 Å². The number of hydrogen-bond acceptors (Lipinski definition) is 4. The second kappa shape index (κ2) is 11.0. The lowest BCUT2D eigenvalue weighted by Crippen LogP contribution is -2.38. The second-order valence-corrected chi connectivity index (χ2v) is 8.92. The second-order valence-electron chi connectivity index (χ2n) is 8.11. The van der Waals surface area contributed by atoms with Crippen LogP contribution in [0.3, 0.4) is 0 Å². The molecule has 4 rings (SSSR count). The predicted octanol–water partition coefficient (Wildman–Crippen LogP) is 6.62. The summed E-state index contributed by atoms with van der Waals surface area (Å²) in [6, 6.07) is 22.2. The molecule has 35 heavy (non-hydrogen) atoms. The molecule has 0 heterocycles. The van der Waals surface area contributed by atoms with Gasteiger partial charge in [-0.1, -0.05) is 65.7 Å². The van der Waals surface area contributed by atoms with E-state index in [1.165, 1.54) is 0 Å². The lowest BCUT2D eigenvalue weighted by atomic mass is 9.97. The summed E-state index contributed by atoms with van der Waals surface area (Å²) in [4.78, 5) is 11.9. The Balaban J connectivity index is 1.57. The molecule has 0 fully saturated rings. The van der Waals surface area contributed by atoms with E-state index in [0.29, 0.717) is 22.0 Å². The van der Waals surface area contributed by atoms with Crippen molar-refractivity contribution in [3.05, 3.63) is 94.0 Å². The summed E-state index contributed by atoms with van der Waals surface area (Å²) in [6.07, 6.45) is 0.315. The van der Waals surface area contributed by atoms with Gasteiger partial charge in [-0.05, 0) is 58.7 Å². The number of carbonyl (C=O) groups is 1. The maximum Gasteiger partial charge on any atom is 0.321 e. The molecule has 0 radical (unpaired) electrons. The van der Waals surface area contributed by atoms with Crippen LogP contribution in [0.1, 0.15) is 11.1 Å². The van der Waals surface area contributed by atoms with Crippen molar-refractivity contribution in [2.24, 2.45) is 0 Å². The van der Waals surface area contributed by atoms with Crippen LogP contribution in [0, 0.1) is 0 Å². The van der Waals surface area contributed by atoms with E-state index in [2.05, 4.69) is 11.4 Å². The number of fused-ring (bicyclic) bond motifs is 1. The zero-order chi connectivity index (χ0) is 24.9. The average molecular weight is 510 g/mol. The minimum Gasteiger partial charge on any atom is -0.496 e. The van der Waals surface area contributed by atoms with E-state index in [0.717, 1.165) is 39.0 Å². The fraction of sp³-hybridized carbons (Fsp3) is 0.179. The van der Waals surface area contributed by atoms with E-state index in [4.69, 9.17) is 32.7 Å². The number of methoxy groups -OCH3 is 2. The first kappa shape index (κ1) is 24.9. The van der Waals surface area contributed by atoms with Crippen LogP contribution in [0.25, 0.3) is 21.9 Å². The van der Waals surface area contributed by atoms with Gasteiger partial charge in [0, 0.05) is 22.2 Å². The van der Waals surface area contributed by atoms with Gasteiger partial charge in [-0.15, -0.1) is 0 Å². The SMILES string of the molecule is COc1cccc(OC)c1-c1ccc2cc(CC(NCc3c(Cl)cccc3Cl)C(=O)O)ccc2c1. The normalized spacial score (nSPS) is 11.9. The third-order valence-corrected chi connectivity index (χ3v) is 6.65. The molecule has 0 saturated carbocycles. The lowest BCUT2D eigenvalue weighted by molar-refractivity contribution is -0.139. The number of rotatable bonds is 9. The zero-order valence-electron chi connectivity index (χ0n) is 19.3. The van der Waals surface area contributed by atoms with Crippen LogP contribution in [0.2, 0.25) is 10.0 Å². The molecule has 0 aromatic heterocycles. The van der Waals surface area contributed by atoms with Gasteiger partial charge in [-0.2, -0.15) is 0 Å². The summed E-state index contributed by atoms with van der Waals surface area (Å²) in [5.74, 6) is 0.524. The third kappa shape index (κ3) is 5.54. The van der Waals surface area contributed by atoms with E-state index in [9.17, 15) is 9.90 Å². The van der Waals surface area contributed by atoms with Gasteiger partial charge < -0.3 is 14.6 Å². The summed E-state index contributed by atoms with van der Waals surface area (Å²) >= 11 is 12.5. The van der Waals surface area contributed by atoms with Crippen LogP contribution in [0.15, 0.2) is 72.8 Å². The molecule has 0 spiro atoms. The van der Waals surface area contributed by atoms with Crippen LogP contribution in [0.4, 0.5) is 0 Å². The zero-order valence-corrected chi connectivity index (χ0v) is 20.9. The van der Waals surface area contributed by atoms with E-state index >= 15 is 0 Å². The molecule has 7 heteroatoms. The van der Waals surface area contributed by atoms with Crippen molar-refractivity contribution < 1.29 is 19.4 Å². The van der Waals surface area contributed by atoms with Crippen molar-refractivity contribution >= 4 is 39.9 Å². The molecule has 0 aliphatic carbocycles. The summed E-state index contributed by atoms with van der Waals surface area (Å²) < 4.78 is 11.1. The quantitative estimate of drug-likeness (QED) is 0.265. The van der Waals surface area contributed by atoms with Gasteiger partial charge in [-0.3, -0.25) is 10.1 Å². The van der Waals surface area contributed by atoms with Gasteiger partial charge in [0.25, 0.3) is 0 Å². The Bertz CT molecular complexity index is 1330. The Morgan fingerprint density at radius 3 is 2.11 bits per heavy atom. The minimum absolute atomic E-state index is 0.257. The Morgan fingerprint density at radius 1 is 0.886 bits per heavy atom. The molecule has 0 aliphatic rings. The highest BCUT2D eigenvalue weighted by molar-refractivity contribution is 6.36. The van der Waals surface area contributed by atoms with E-state index in [-0.39, 0.29) is 6.54 Å². The number of hydrogen-bond donors (Lipinski definition) is 2. The Hall–Kier alpha value is -3.25. The molecule has 5 nitrogen and oxygen atoms in total. The summed E-state index contributed by atoms with van der Waals surface area (Å²) in [7, 11) is 3.27. The van der Waals surface area contributed by atoms with Gasteiger partial charge in [0.2, 0.25) is 0 Å². The molecule has 4 aromatic carbocycles. The molecule has 0 saturated heterocycles. The van der Waals surface area contributed by atoms with Crippen molar-refractivity contribution in [3.8, 4) is 22.6 Å². The molecule has 180 valence electrons. The number of nitrogens with one attached hydrogen (secondary N) is 1. The minimum atomic E-state index is -0.938. The summed E-state index contributed by atoms with van der Waals surface area (Å²) in [5, 5.41) is 15.9. The number of carboxylic acid groups (broad SMARTS) is 1. The van der Waals surface area contributed by atoms with Crippen LogP contribution in [-0.2, 0) is 17.8 Å². The Morgan fingerprint density at radius 2 is 1.49 bits per heavy atom. The molecule has 0 bridgehead atoms. The molecular formula is C28H25Cl2NO4. The number of ether oxygens (including phenoxy) is 2. The standard InChI is InChI=1S/C28H25Cl2NO4/c1-34-25-7-4-8-26(35-2)27(25)20-12-11-18-13-17(9-10-19(18)15-20)14-24(28(32)33)31-16-21-22(29)5-3-6-23(21)30/h3-13,15,24,31H,14,16H2,1-2H3,(H,32,33). The summed E-state index contributed by atoms with van der Waals surface area (Å²) in [5.41, 5.74) is 3.45. The first-order valence-corrected chi connectivity index (χ1v) is 11.8. The molecule has 0 aliphatic heterocycles. The van der Waals surface area contributed by atoms with E-state index in [1.807, 2.05) is 48.5 Å². The van der Waals surface area contributed by atoms with Crippen LogP contribution in [-0.4, -0.2) is 31.3 Å². The predicted molar refractivity (Wildman–Crippen MR) is 141 cm³/mol. The van der Waals surface area contributed by atoms with Gasteiger partial charge in [-0.25, -0.2) is 0 Å². The van der Waals surface area contributed by atoms with Crippen molar-refractivity contribution in [2.45, 2.75) is 19.0 Å². The fourth-order valence-electron chi connectivity index (χ4n) is 4.12. The number of benzene rings is 4. The number of halogens is 2. The van der Waals surface area contributed by atoms with Crippen molar-refractivity contribution in [1.29, 1.82) is 0 Å². The van der Waals surface area contributed by atoms with Crippen molar-refractivity contribution in [2.75, 3.05) is 14.2 Å². The molecule has 1 unspecified atom stereocenters. The molecular weight excluding hydrogens is 485 g/mol. The van der Waals surface area contributed by atoms with Gasteiger partial charge >= 0.3 is 5.97 Å². The lowest BCUT2D eigenvalue weighted by Gasteiger charge is -2.17. The topological polar surface area (TPSA) is 67.8 Å². The van der Waals surface area contributed by atoms with Crippen LogP contribution >= 0.6 is 23.2 Å². The van der Waals surface area contributed by atoms with E-state index < -0.39 is 12.0 Å². The average Bonchev–Trinajstić information content (AvgIpc) is 2.86. The first-order valence-electron chi connectivity index (χ1n) is 11.0. The molecule has 4 aromatic rings. The number of carboxylic acids is 1. The maximum absolute atomic E-state index is 11.9. The van der Waals surface area contributed by atoms with Gasteiger partial charge in [0.15, 0.2) is 0 Å². The largest absolute Gasteiger partial charge is 0.496 e. The maximum atomic E-state index is 11.9. The van der Waals surface area contributed by atoms with Crippen LogP contribution in [0.5, 0.6) is 11.5 Å². The van der Waals surface area contributed by atoms with Gasteiger partial charge in [0.1, 0.15) is 17.5 Å². The number of aliphatic carboxylic acids is 1. The van der Waals surface area contributed by atoms with E-state index in [1.54, 1.807) is 32.4 Å². The Labute approximate surface area is 214 Å². The molecule has 2 N–H and O–H groups in total. The van der Waals surface area contributed by atoms with Crippen molar-refractivity contribution in [1.82, 2.24) is 5.32 Å². The van der Waals surface area contributed by atoms with Gasteiger partial charge in [0.05, 0.1) is 19.8 Å². The highest BCUT2D eigenvalue weighted by atomic mass is 35.5. The van der Waals surface area contributed by atoms with Crippen LogP contribution < -0.4 is 14.8 Å². The highest BCUT2D eigenvalue weighted by Crippen LogP contribution is 2.39. The fourth-order valence-corrected chi connectivity index (χ4v) is 4.65. The monoisotopic (exact) mass is 509 g/mol. The Kier molecular flexibility index (Phi) is 7.81. The smallest absolute Gasteiger partial charge is 0.321 e. The molecule has 1 atom stereocenters. The highest BCUT2D eigenvalue weighted by Gasteiger charge is 2.19. The molecule has 0 amide bonds. The first-order chi connectivity index (χ1) is 16.9. The summed E-state index contributed by atoms with van der Waals surface area (Å²) in [6.45, 7) is 0.257. The third-order valence-electron chi connectivity index (χ3n) is 5.95.